The molecule has 0 bridgehead atoms. The number of hydrogen-bond acceptors (Lipinski definition) is 5. The molecule has 0 spiro atoms. The van der Waals surface area contributed by atoms with Gasteiger partial charge in [-0.2, -0.15) is 9.13 Å². The first kappa shape index (κ1) is 33.4. The van der Waals surface area contributed by atoms with Gasteiger partial charge in [-0.25, -0.2) is 10.0 Å². The average molecular weight is 620 g/mol. The smallest absolute Gasteiger partial charge is 0.239 e. The van der Waals surface area contributed by atoms with Crippen LogP contribution >= 0.6 is 11.8 Å². The summed E-state index contributed by atoms with van der Waals surface area (Å²) < 4.78 is 21.0. The van der Waals surface area contributed by atoms with Crippen LogP contribution in [0.15, 0.2) is 78.4 Å². The van der Waals surface area contributed by atoms with Gasteiger partial charge in [0.1, 0.15) is 32.5 Å². The summed E-state index contributed by atoms with van der Waals surface area (Å²) in [5.74, 6) is 3.13. The summed E-state index contributed by atoms with van der Waals surface area (Å²) in [5.41, 5.74) is 2.18. The number of aryl methyl sites for hydroxylation is 2. The van der Waals surface area contributed by atoms with Gasteiger partial charge in [0.05, 0.1) is 27.9 Å². The van der Waals surface area contributed by atoms with E-state index in [-0.39, 0.29) is 0 Å². The largest absolute Gasteiger partial charge is 0.493 e. The van der Waals surface area contributed by atoms with Crippen LogP contribution in [0.3, 0.4) is 0 Å². The second-order valence-corrected chi connectivity index (χ2v) is 12.3. The molecule has 8 heteroatoms. The van der Waals surface area contributed by atoms with Gasteiger partial charge in [-0.15, -0.1) is 0 Å². The summed E-state index contributed by atoms with van der Waals surface area (Å²) in [6, 6.07) is 16.7. The highest BCUT2D eigenvalue weighted by Gasteiger charge is 2.21. The fourth-order valence-corrected chi connectivity index (χ4v) is 6.46. The van der Waals surface area contributed by atoms with E-state index >= 15 is 0 Å². The molecular formula is C36H51N4O3S+3. The number of benzene rings is 1. The maximum Gasteiger partial charge on any atom is 0.239 e. The molecule has 236 valence electrons. The molecule has 1 N–H and O–H groups in total. The number of methoxy groups -OCH3 is 3. The SMILES string of the molecule is COc1cc(/C=C/c2cccc[n+]2CCCCCC[NH+]2C=CN2CCCCCCSc2cccc[n+]2C)cc(OC)c1OC. The molecular weight excluding hydrogens is 568 g/mol. The minimum atomic E-state index is 0.607. The molecule has 7 nitrogen and oxygen atoms in total. The van der Waals surface area contributed by atoms with E-state index in [1.54, 1.807) is 21.3 Å². The predicted molar refractivity (Wildman–Crippen MR) is 179 cm³/mol. The van der Waals surface area contributed by atoms with E-state index in [1.165, 1.54) is 85.9 Å². The van der Waals surface area contributed by atoms with Crippen molar-refractivity contribution < 1.29 is 28.4 Å². The Bertz CT molecular complexity index is 1340. The molecule has 1 atom stereocenters. The van der Waals surface area contributed by atoms with Gasteiger partial charge in [-0.3, -0.25) is 0 Å². The Kier molecular flexibility index (Phi) is 13.9. The van der Waals surface area contributed by atoms with Crippen molar-refractivity contribution in [3.8, 4) is 17.2 Å². The van der Waals surface area contributed by atoms with Crippen LogP contribution in [-0.4, -0.2) is 45.2 Å². The minimum absolute atomic E-state index is 0.607. The number of hydrogen-bond donors (Lipinski definition) is 1. The molecule has 0 saturated carbocycles. The van der Waals surface area contributed by atoms with Gasteiger partial charge in [0.15, 0.2) is 23.9 Å². The Morgan fingerprint density at radius 3 is 2.25 bits per heavy atom. The van der Waals surface area contributed by atoms with Crippen molar-refractivity contribution in [1.82, 2.24) is 5.01 Å². The monoisotopic (exact) mass is 619 g/mol. The fraction of sp³-hybridized carbons (Fsp3) is 0.444. The number of quaternary nitrogens is 1. The number of unbranched alkanes of at least 4 members (excludes halogenated alkanes) is 6. The molecule has 0 amide bonds. The van der Waals surface area contributed by atoms with Crippen LogP contribution in [0.5, 0.6) is 17.2 Å². The van der Waals surface area contributed by atoms with Crippen molar-refractivity contribution >= 4 is 23.9 Å². The summed E-state index contributed by atoms with van der Waals surface area (Å²) in [5, 5.41) is 5.35. The first-order valence-corrected chi connectivity index (χ1v) is 17.0. The summed E-state index contributed by atoms with van der Waals surface area (Å²) in [6.45, 7) is 3.38. The third kappa shape index (κ3) is 10.0. The van der Waals surface area contributed by atoms with E-state index < -0.39 is 0 Å². The Balaban J connectivity index is 1.09. The molecule has 0 aliphatic carbocycles. The summed E-state index contributed by atoms with van der Waals surface area (Å²) >= 11 is 1.97. The second kappa shape index (κ2) is 18.3. The van der Waals surface area contributed by atoms with Crippen LogP contribution < -0.4 is 28.4 Å². The summed E-state index contributed by atoms with van der Waals surface area (Å²) in [7, 11) is 7.03. The van der Waals surface area contributed by atoms with Crippen LogP contribution in [0.25, 0.3) is 12.2 Å². The molecule has 1 unspecified atom stereocenters. The molecule has 1 aliphatic heterocycles. The maximum absolute atomic E-state index is 5.51. The van der Waals surface area contributed by atoms with E-state index in [0.717, 1.165) is 12.1 Å². The number of pyridine rings is 2. The lowest BCUT2D eigenvalue weighted by Crippen LogP contribution is -3.17. The third-order valence-electron chi connectivity index (χ3n) is 8.06. The van der Waals surface area contributed by atoms with Crippen molar-refractivity contribution in [2.75, 3.05) is 40.2 Å². The van der Waals surface area contributed by atoms with Crippen LogP contribution in [-0.2, 0) is 13.6 Å². The second-order valence-electron chi connectivity index (χ2n) is 11.2. The first-order valence-electron chi connectivity index (χ1n) is 16.0. The van der Waals surface area contributed by atoms with E-state index in [1.807, 2.05) is 23.9 Å². The minimum Gasteiger partial charge on any atom is -0.493 e. The van der Waals surface area contributed by atoms with Crippen molar-refractivity contribution in [2.24, 2.45) is 7.05 Å². The average Bonchev–Trinajstić information content (AvgIpc) is 3.04. The zero-order valence-corrected chi connectivity index (χ0v) is 27.9. The molecule has 3 heterocycles. The molecule has 3 aromatic rings. The number of ether oxygens (including phenoxy) is 3. The van der Waals surface area contributed by atoms with E-state index in [0.29, 0.717) is 17.2 Å². The Morgan fingerprint density at radius 2 is 1.52 bits per heavy atom. The maximum atomic E-state index is 5.51. The molecule has 1 aliphatic rings. The van der Waals surface area contributed by atoms with Gasteiger partial charge >= 0.3 is 0 Å². The van der Waals surface area contributed by atoms with Gasteiger partial charge in [-0.1, -0.05) is 24.6 Å². The number of nitrogens with one attached hydrogen (secondary N) is 1. The molecule has 0 fully saturated rings. The topological polar surface area (TPSA) is 43.1 Å². The van der Waals surface area contributed by atoms with Crippen molar-refractivity contribution in [3.63, 3.8) is 0 Å². The number of aromatic nitrogens is 2. The lowest BCUT2D eigenvalue weighted by molar-refractivity contribution is -0.985. The summed E-state index contributed by atoms with van der Waals surface area (Å²) in [6.07, 6.45) is 23.3. The lowest BCUT2D eigenvalue weighted by atomic mass is 10.1. The Labute approximate surface area is 268 Å². The van der Waals surface area contributed by atoms with Gasteiger partial charge in [0.2, 0.25) is 16.5 Å². The normalized spacial score (nSPS) is 14.2. The third-order valence-corrected chi connectivity index (χ3v) is 9.27. The van der Waals surface area contributed by atoms with Gasteiger partial charge < -0.3 is 14.2 Å². The van der Waals surface area contributed by atoms with Crippen LogP contribution in [0.1, 0.15) is 62.6 Å². The standard InChI is InChI=1S/C36H50N4O3S/c1-37-21-14-10-18-35(37)44-28-16-8-7-13-25-40-27-26-39(40)24-12-6-5-11-22-38-23-15-9-17-32(38)20-19-31-29-33(41-2)36(43-4)34(30-31)42-3/h9-10,14-15,17-21,23,26-27,29-30H,5-8,11-13,16,22,24-25,28H2,1-4H3/q+2/p+1/b20-19+. The van der Waals surface area contributed by atoms with Crippen molar-refractivity contribution in [2.45, 2.75) is 62.9 Å². The molecule has 1 aromatic carbocycles. The van der Waals surface area contributed by atoms with Crippen molar-refractivity contribution in [3.05, 3.63) is 84.6 Å². The van der Waals surface area contributed by atoms with Crippen LogP contribution in [0, 0.1) is 0 Å². The molecule has 44 heavy (non-hydrogen) atoms. The Hall–Kier alpha value is -3.49. The molecule has 4 rings (SSSR count). The summed E-state index contributed by atoms with van der Waals surface area (Å²) in [4.78, 5) is 0. The van der Waals surface area contributed by atoms with Crippen LogP contribution in [0.2, 0.25) is 0 Å². The van der Waals surface area contributed by atoms with E-state index in [9.17, 15) is 0 Å². The molecule has 0 saturated heterocycles. The van der Waals surface area contributed by atoms with Crippen LogP contribution in [0.4, 0.5) is 0 Å². The number of thioether (sulfide) groups is 1. The highest BCUT2D eigenvalue weighted by molar-refractivity contribution is 7.99. The first-order chi connectivity index (χ1) is 21.6. The zero-order valence-electron chi connectivity index (χ0n) is 27.0. The number of rotatable bonds is 20. The quantitative estimate of drug-likeness (QED) is 0.103. The predicted octanol–water partition coefficient (Wildman–Crippen LogP) is 5.49. The highest BCUT2D eigenvalue weighted by Crippen LogP contribution is 2.38. The van der Waals surface area contributed by atoms with Gasteiger partial charge in [0.25, 0.3) is 0 Å². The zero-order chi connectivity index (χ0) is 31.0. The van der Waals surface area contributed by atoms with E-state index in [2.05, 4.69) is 94.5 Å². The van der Waals surface area contributed by atoms with Gasteiger partial charge in [-0.05, 0) is 68.0 Å². The van der Waals surface area contributed by atoms with E-state index in [4.69, 9.17) is 14.2 Å². The molecule has 2 aromatic heterocycles. The number of nitrogens with zero attached hydrogens (tertiary/aromatic N) is 3. The molecule has 0 radical (unpaired) electrons. The Morgan fingerprint density at radius 1 is 0.795 bits per heavy atom. The highest BCUT2D eigenvalue weighted by atomic mass is 32.2. The van der Waals surface area contributed by atoms with Gasteiger partial charge in [0, 0.05) is 42.5 Å². The fourth-order valence-electron chi connectivity index (χ4n) is 5.47. The van der Waals surface area contributed by atoms with Crippen molar-refractivity contribution in [1.29, 1.82) is 0 Å². The lowest BCUT2D eigenvalue weighted by Gasteiger charge is -2.33.